The van der Waals surface area contributed by atoms with Crippen molar-refractivity contribution in [2.75, 3.05) is 50.8 Å². The minimum absolute atomic E-state index is 0.0625. The first-order chi connectivity index (χ1) is 18.1. The molecule has 0 unspecified atom stereocenters. The maximum absolute atomic E-state index is 11.8. The number of aromatic nitrogens is 2. The predicted molar refractivity (Wildman–Crippen MR) is 143 cm³/mol. The smallest absolute Gasteiger partial charge is 0.220 e. The molecule has 3 aliphatic heterocycles. The van der Waals surface area contributed by atoms with Gasteiger partial charge in [-0.25, -0.2) is 4.98 Å². The monoisotopic (exact) mass is 501 g/mol. The third kappa shape index (κ3) is 4.46. The van der Waals surface area contributed by atoms with Crippen molar-refractivity contribution < 1.29 is 14.3 Å². The number of nitrogens with zero attached hydrogens (tertiary/aromatic N) is 4. The number of hydrogen-bond acceptors (Lipinski definition) is 6. The molecule has 0 bridgehead atoms. The summed E-state index contributed by atoms with van der Waals surface area (Å²) in [6, 6.07) is 14.4. The fourth-order valence-corrected chi connectivity index (χ4v) is 5.92. The molecule has 37 heavy (non-hydrogen) atoms. The Hall–Kier alpha value is -3.10. The molecule has 2 aromatic carbocycles. The van der Waals surface area contributed by atoms with Crippen LogP contribution in [0.15, 0.2) is 42.7 Å². The molecule has 1 aromatic heterocycles. The Bertz CT molecular complexity index is 1290. The molecule has 4 aliphatic rings. The molecular weight excluding hydrogens is 466 g/mol. The average Bonchev–Trinajstić information content (AvgIpc) is 3.48. The summed E-state index contributed by atoms with van der Waals surface area (Å²) in [4.78, 5) is 21.6. The molecule has 1 N–H and O–H groups in total. The second-order valence-corrected chi connectivity index (χ2v) is 11.1. The van der Waals surface area contributed by atoms with E-state index in [1.54, 1.807) is 0 Å². The van der Waals surface area contributed by atoms with Crippen LogP contribution in [0.3, 0.4) is 0 Å². The van der Waals surface area contributed by atoms with Gasteiger partial charge in [0, 0.05) is 56.8 Å². The van der Waals surface area contributed by atoms with E-state index in [-0.39, 0.29) is 17.9 Å². The van der Waals surface area contributed by atoms with Crippen molar-refractivity contribution in [1.29, 1.82) is 0 Å². The first-order valence-corrected chi connectivity index (χ1v) is 13.7. The van der Waals surface area contributed by atoms with Crippen LogP contribution in [0.4, 0.5) is 5.69 Å². The number of anilines is 1. The zero-order valence-electron chi connectivity index (χ0n) is 21.4. The molecule has 3 aromatic rings. The molecule has 8 nitrogen and oxygen atoms in total. The molecule has 3 saturated heterocycles. The van der Waals surface area contributed by atoms with Crippen LogP contribution in [0.5, 0.6) is 5.75 Å². The highest BCUT2D eigenvalue weighted by atomic mass is 16.5. The van der Waals surface area contributed by atoms with E-state index in [1.807, 2.05) is 6.33 Å². The van der Waals surface area contributed by atoms with Crippen molar-refractivity contribution >= 4 is 22.6 Å². The first-order valence-electron chi connectivity index (χ1n) is 13.7. The Balaban J connectivity index is 1.13. The third-order valence-corrected chi connectivity index (χ3v) is 8.58. The maximum Gasteiger partial charge on any atom is 0.220 e. The topological polar surface area (TPSA) is 71.9 Å². The fraction of sp³-hybridized carbons (Fsp3) is 0.517. The van der Waals surface area contributed by atoms with Crippen LogP contribution in [-0.4, -0.2) is 78.4 Å². The zero-order valence-corrected chi connectivity index (χ0v) is 21.4. The first kappa shape index (κ1) is 23.0. The summed E-state index contributed by atoms with van der Waals surface area (Å²) in [5.41, 5.74) is 5.58. The summed E-state index contributed by atoms with van der Waals surface area (Å²) in [5, 5.41) is 2.94. The summed E-state index contributed by atoms with van der Waals surface area (Å²) < 4.78 is 14.2. The summed E-state index contributed by atoms with van der Waals surface area (Å²) in [5.74, 6) is 1.16. The van der Waals surface area contributed by atoms with Crippen LogP contribution in [0.25, 0.3) is 22.2 Å². The third-order valence-electron chi connectivity index (χ3n) is 8.58. The number of nitrogens with one attached hydrogen (secondary N) is 1. The molecule has 8 heteroatoms. The van der Waals surface area contributed by atoms with E-state index >= 15 is 0 Å². The van der Waals surface area contributed by atoms with Crippen LogP contribution >= 0.6 is 0 Å². The number of amides is 1. The number of hydrogen-bond donors (Lipinski definition) is 1. The van der Waals surface area contributed by atoms with Crippen LogP contribution in [0.2, 0.25) is 0 Å². The van der Waals surface area contributed by atoms with Gasteiger partial charge in [0.05, 0.1) is 31.1 Å². The number of imidazole rings is 1. The average molecular weight is 502 g/mol. The molecule has 0 radical (unpaired) electrons. The Morgan fingerprint density at radius 2 is 1.81 bits per heavy atom. The van der Waals surface area contributed by atoms with Crippen molar-refractivity contribution in [2.24, 2.45) is 5.92 Å². The largest absolute Gasteiger partial charge is 0.488 e. The highest BCUT2D eigenvalue weighted by molar-refractivity contribution is 5.88. The van der Waals surface area contributed by atoms with Gasteiger partial charge in [-0.2, -0.15) is 0 Å². The number of piperazine rings is 1. The molecule has 1 saturated carbocycles. The molecule has 4 fully saturated rings. The van der Waals surface area contributed by atoms with Gasteiger partial charge < -0.3 is 24.3 Å². The Labute approximate surface area is 217 Å². The minimum Gasteiger partial charge on any atom is -0.488 e. The Morgan fingerprint density at radius 3 is 2.46 bits per heavy atom. The Kier molecular flexibility index (Phi) is 5.81. The number of carbonyl (C=O) groups is 1. The van der Waals surface area contributed by atoms with E-state index < -0.39 is 0 Å². The van der Waals surface area contributed by atoms with Gasteiger partial charge in [-0.3, -0.25) is 9.69 Å². The van der Waals surface area contributed by atoms with Crippen LogP contribution in [0.1, 0.15) is 32.2 Å². The van der Waals surface area contributed by atoms with Crippen molar-refractivity contribution in [3.8, 4) is 16.9 Å². The zero-order chi connectivity index (χ0) is 24.9. The van der Waals surface area contributed by atoms with Gasteiger partial charge in [0.2, 0.25) is 5.91 Å². The normalized spacial score (nSPS) is 23.8. The van der Waals surface area contributed by atoms with Crippen molar-refractivity contribution in [2.45, 2.75) is 44.4 Å². The molecule has 2 atom stereocenters. The SMILES string of the molecule is C[C@@H](Oc1cc(-c2ccc(N3CCN(C4COC4)CC3)cc2)cc2ncn(C3CC3)c12)[C@H]1CNC(=O)C1. The van der Waals surface area contributed by atoms with Gasteiger partial charge in [-0.1, -0.05) is 12.1 Å². The standard InChI is InChI=1S/C29H35N5O3/c1-19(22-14-28(35)30-15-22)37-27-13-21(12-26-29(27)34(18-31-26)24-6-7-24)20-2-4-23(5-3-20)32-8-10-33(11-9-32)25-16-36-17-25/h2-5,12-13,18-19,22,24-25H,6-11,14-17H2,1H3,(H,30,35)/t19-,22-/m1/s1. The van der Waals surface area contributed by atoms with E-state index in [0.29, 0.717) is 25.0 Å². The lowest BCUT2D eigenvalue weighted by Crippen LogP contribution is -2.56. The lowest BCUT2D eigenvalue weighted by atomic mass is 10.0. The van der Waals surface area contributed by atoms with Crippen molar-refractivity contribution in [3.63, 3.8) is 0 Å². The van der Waals surface area contributed by atoms with Gasteiger partial charge in [0.25, 0.3) is 0 Å². The number of fused-ring (bicyclic) bond motifs is 1. The number of ether oxygens (including phenoxy) is 2. The Morgan fingerprint density at radius 1 is 1.03 bits per heavy atom. The van der Waals surface area contributed by atoms with E-state index in [1.165, 1.54) is 18.5 Å². The van der Waals surface area contributed by atoms with Gasteiger partial charge in [0.15, 0.2) is 0 Å². The maximum atomic E-state index is 11.8. The summed E-state index contributed by atoms with van der Waals surface area (Å²) >= 11 is 0. The van der Waals surface area contributed by atoms with Crippen LogP contribution < -0.4 is 15.0 Å². The molecule has 1 aliphatic carbocycles. The van der Waals surface area contributed by atoms with Crippen molar-refractivity contribution in [3.05, 3.63) is 42.7 Å². The van der Waals surface area contributed by atoms with E-state index in [2.05, 4.69) is 63.0 Å². The molecule has 4 heterocycles. The van der Waals surface area contributed by atoms with E-state index in [0.717, 1.165) is 67.3 Å². The summed E-state index contributed by atoms with van der Waals surface area (Å²) in [7, 11) is 0. The van der Waals surface area contributed by atoms with E-state index in [4.69, 9.17) is 14.5 Å². The van der Waals surface area contributed by atoms with Crippen LogP contribution in [-0.2, 0) is 9.53 Å². The molecule has 194 valence electrons. The highest BCUT2D eigenvalue weighted by Crippen LogP contribution is 2.42. The summed E-state index contributed by atoms with van der Waals surface area (Å²) in [6.45, 7) is 8.82. The fourth-order valence-electron chi connectivity index (χ4n) is 5.92. The van der Waals surface area contributed by atoms with Gasteiger partial charge in [-0.15, -0.1) is 0 Å². The lowest BCUT2D eigenvalue weighted by molar-refractivity contribution is -0.119. The second kappa shape index (κ2) is 9.33. The molecule has 1 amide bonds. The van der Waals surface area contributed by atoms with Gasteiger partial charge in [0.1, 0.15) is 17.4 Å². The predicted octanol–water partition coefficient (Wildman–Crippen LogP) is 3.46. The number of rotatable bonds is 7. The quantitative estimate of drug-likeness (QED) is 0.535. The van der Waals surface area contributed by atoms with Gasteiger partial charge >= 0.3 is 0 Å². The number of carbonyl (C=O) groups excluding carboxylic acids is 1. The molecular formula is C29H35N5O3. The van der Waals surface area contributed by atoms with Crippen molar-refractivity contribution in [1.82, 2.24) is 19.8 Å². The van der Waals surface area contributed by atoms with E-state index in [9.17, 15) is 4.79 Å². The molecule has 0 spiro atoms. The minimum atomic E-state index is -0.0625. The van der Waals surface area contributed by atoms with Crippen LogP contribution in [0, 0.1) is 5.92 Å². The van der Waals surface area contributed by atoms with Gasteiger partial charge in [-0.05, 0) is 55.2 Å². The lowest BCUT2D eigenvalue weighted by Gasteiger charge is -2.43. The molecule has 7 rings (SSSR count). The number of benzene rings is 2. The highest BCUT2D eigenvalue weighted by Gasteiger charge is 2.31. The summed E-state index contributed by atoms with van der Waals surface area (Å²) in [6.07, 6.45) is 4.80. The second-order valence-electron chi connectivity index (χ2n) is 11.1.